The van der Waals surface area contributed by atoms with Gasteiger partial charge in [0, 0.05) is 24.7 Å². The first-order valence-corrected chi connectivity index (χ1v) is 14.1. The number of nitrogens with zero attached hydrogens (tertiary/aromatic N) is 4. The maximum Gasteiger partial charge on any atom is 0.251 e. The van der Waals surface area contributed by atoms with Crippen LogP contribution in [-0.2, 0) is 11.8 Å². The van der Waals surface area contributed by atoms with Crippen LogP contribution in [0, 0.1) is 6.92 Å². The van der Waals surface area contributed by atoms with Crippen LogP contribution in [0.1, 0.15) is 98.9 Å². The second-order valence-electron chi connectivity index (χ2n) is 10.1. The highest BCUT2D eigenvalue weighted by atomic mass is 32.2. The molecule has 1 aromatic carbocycles. The molecule has 1 atom stereocenters. The van der Waals surface area contributed by atoms with E-state index >= 15 is 0 Å². The Morgan fingerprint density at radius 3 is 2.14 bits per heavy atom. The lowest BCUT2D eigenvalue weighted by atomic mass is 9.88. The SMILES string of the molecule is Cc1ccc(C(=O)N[C@@H](C)c2nnc(SCC(=O)N(C3CCCCC3)C3CCCCC3)n2C)cc1. The topological polar surface area (TPSA) is 80.1 Å². The van der Waals surface area contributed by atoms with Crippen LogP contribution in [0.4, 0.5) is 0 Å². The number of carbonyl (C=O) groups is 2. The van der Waals surface area contributed by atoms with Gasteiger partial charge in [-0.05, 0) is 51.7 Å². The molecule has 2 aliphatic carbocycles. The van der Waals surface area contributed by atoms with Crippen LogP contribution in [0.25, 0.3) is 0 Å². The summed E-state index contributed by atoms with van der Waals surface area (Å²) in [6, 6.07) is 8.00. The second-order valence-corrected chi connectivity index (χ2v) is 11.1. The molecule has 2 fully saturated rings. The Morgan fingerprint density at radius 2 is 1.57 bits per heavy atom. The Balaban J connectivity index is 1.38. The molecule has 0 aliphatic heterocycles. The van der Waals surface area contributed by atoms with E-state index in [-0.39, 0.29) is 17.9 Å². The fourth-order valence-corrected chi connectivity index (χ4v) is 6.29. The van der Waals surface area contributed by atoms with Crippen molar-refractivity contribution < 1.29 is 9.59 Å². The number of thioether (sulfide) groups is 1. The summed E-state index contributed by atoms with van der Waals surface area (Å²) in [5.41, 5.74) is 1.74. The highest BCUT2D eigenvalue weighted by Gasteiger charge is 2.32. The molecule has 1 aromatic heterocycles. The summed E-state index contributed by atoms with van der Waals surface area (Å²) in [6.07, 6.45) is 12.0. The molecule has 190 valence electrons. The van der Waals surface area contributed by atoms with E-state index < -0.39 is 0 Å². The Bertz CT molecular complexity index is 976. The number of hydrogen-bond acceptors (Lipinski definition) is 5. The van der Waals surface area contributed by atoms with Crippen LogP contribution in [0.15, 0.2) is 29.4 Å². The first-order valence-electron chi connectivity index (χ1n) is 13.1. The normalized spacial score (nSPS) is 18.3. The van der Waals surface area contributed by atoms with Crippen LogP contribution < -0.4 is 5.32 Å². The molecule has 1 heterocycles. The lowest BCUT2D eigenvalue weighted by Crippen LogP contribution is -2.49. The monoisotopic (exact) mass is 497 g/mol. The van der Waals surface area contributed by atoms with Gasteiger partial charge >= 0.3 is 0 Å². The molecule has 4 rings (SSSR count). The first kappa shape index (κ1) is 25.7. The van der Waals surface area contributed by atoms with Crippen molar-refractivity contribution in [1.29, 1.82) is 0 Å². The van der Waals surface area contributed by atoms with Gasteiger partial charge in [0.15, 0.2) is 11.0 Å². The Morgan fingerprint density at radius 1 is 1.00 bits per heavy atom. The quantitative estimate of drug-likeness (QED) is 0.507. The summed E-state index contributed by atoms with van der Waals surface area (Å²) >= 11 is 1.45. The molecule has 2 saturated carbocycles. The molecule has 35 heavy (non-hydrogen) atoms. The van der Waals surface area contributed by atoms with Gasteiger partial charge < -0.3 is 14.8 Å². The number of benzene rings is 1. The standard InChI is InChI=1S/C27H39N5O2S/c1-19-14-16-21(17-15-19)26(34)28-20(2)25-29-30-27(31(25)3)35-18-24(33)32(22-10-6-4-7-11-22)23-12-8-5-9-13-23/h14-17,20,22-23H,4-13,18H2,1-3H3,(H,28,34)/t20-/m0/s1. The number of amides is 2. The van der Waals surface area contributed by atoms with Crippen LogP contribution in [0.2, 0.25) is 0 Å². The van der Waals surface area contributed by atoms with Gasteiger partial charge in [-0.15, -0.1) is 10.2 Å². The number of aromatic nitrogens is 3. The van der Waals surface area contributed by atoms with E-state index in [1.807, 2.05) is 49.7 Å². The van der Waals surface area contributed by atoms with E-state index in [9.17, 15) is 9.59 Å². The summed E-state index contributed by atoms with van der Waals surface area (Å²) in [7, 11) is 1.90. The number of hydrogen-bond donors (Lipinski definition) is 1. The average Bonchev–Trinajstić information content (AvgIpc) is 3.25. The van der Waals surface area contributed by atoms with Gasteiger partial charge in [0.25, 0.3) is 5.91 Å². The highest BCUT2D eigenvalue weighted by Crippen LogP contribution is 2.31. The molecule has 2 aromatic rings. The molecule has 2 aliphatic rings. The summed E-state index contributed by atoms with van der Waals surface area (Å²) in [5, 5.41) is 12.4. The molecular formula is C27H39N5O2S. The van der Waals surface area contributed by atoms with Crippen LogP contribution in [-0.4, -0.2) is 49.3 Å². The maximum atomic E-state index is 13.5. The smallest absolute Gasteiger partial charge is 0.251 e. The van der Waals surface area contributed by atoms with Crippen molar-refractivity contribution in [2.45, 2.75) is 101 Å². The first-order chi connectivity index (χ1) is 16.9. The molecule has 8 heteroatoms. The Labute approximate surface area is 213 Å². The molecular weight excluding hydrogens is 458 g/mol. The van der Waals surface area contributed by atoms with Gasteiger partial charge in [-0.3, -0.25) is 9.59 Å². The van der Waals surface area contributed by atoms with Crippen molar-refractivity contribution in [1.82, 2.24) is 25.0 Å². The zero-order chi connectivity index (χ0) is 24.8. The minimum atomic E-state index is -0.299. The lowest BCUT2D eigenvalue weighted by molar-refractivity contribution is -0.135. The maximum absolute atomic E-state index is 13.5. The summed E-state index contributed by atoms with van der Waals surface area (Å²) in [5.74, 6) is 1.15. The molecule has 0 unspecified atom stereocenters. The summed E-state index contributed by atoms with van der Waals surface area (Å²) in [6.45, 7) is 3.90. The molecule has 0 bridgehead atoms. The van der Waals surface area contributed by atoms with Gasteiger partial charge in [-0.1, -0.05) is 68.0 Å². The van der Waals surface area contributed by atoms with E-state index in [2.05, 4.69) is 20.4 Å². The van der Waals surface area contributed by atoms with Crippen molar-refractivity contribution in [3.63, 3.8) is 0 Å². The van der Waals surface area contributed by atoms with E-state index in [0.29, 0.717) is 34.4 Å². The van der Waals surface area contributed by atoms with Crippen molar-refractivity contribution in [3.8, 4) is 0 Å². The minimum Gasteiger partial charge on any atom is -0.342 e. The van der Waals surface area contributed by atoms with E-state index in [1.165, 1.54) is 50.3 Å². The van der Waals surface area contributed by atoms with Crippen LogP contribution in [0.5, 0.6) is 0 Å². The zero-order valence-electron chi connectivity index (χ0n) is 21.3. The molecule has 0 saturated heterocycles. The van der Waals surface area contributed by atoms with Gasteiger partial charge in [0.1, 0.15) is 0 Å². The van der Waals surface area contributed by atoms with Gasteiger partial charge in [0.05, 0.1) is 11.8 Å². The minimum absolute atomic E-state index is 0.138. The summed E-state index contributed by atoms with van der Waals surface area (Å²) < 4.78 is 1.89. The molecule has 2 amide bonds. The number of rotatable bonds is 8. The van der Waals surface area contributed by atoms with Crippen LogP contribution >= 0.6 is 11.8 Å². The van der Waals surface area contributed by atoms with Crippen molar-refractivity contribution in [3.05, 3.63) is 41.2 Å². The molecule has 7 nitrogen and oxygen atoms in total. The Hall–Kier alpha value is -2.35. The van der Waals surface area contributed by atoms with E-state index in [4.69, 9.17) is 0 Å². The lowest BCUT2D eigenvalue weighted by Gasteiger charge is -2.41. The van der Waals surface area contributed by atoms with E-state index in [1.54, 1.807) is 0 Å². The number of aryl methyl sites for hydroxylation is 1. The van der Waals surface area contributed by atoms with Gasteiger partial charge in [-0.25, -0.2) is 0 Å². The largest absolute Gasteiger partial charge is 0.342 e. The van der Waals surface area contributed by atoms with Crippen molar-refractivity contribution in [2.75, 3.05) is 5.75 Å². The number of carbonyl (C=O) groups excluding carboxylic acids is 2. The predicted octanol–water partition coefficient (Wildman–Crippen LogP) is 5.20. The zero-order valence-corrected chi connectivity index (χ0v) is 22.1. The molecule has 0 radical (unpaired) electrons. The third-order valence-electron chi connectivity index (χ3n) is 7.47. The van der Waals surface area contributed by atoms with Gasteiger partial charge in [0.2, 0.25) is 5.91 Å². The number of nitrogens with one attached hydrogen (secondary N) is 1. The third-order valence-corrected chi connectivity index (χ3v) is 8.47. The van der Waals surface area contributed by atoms with Crippen molar-refractivity contribution >= 4 is 23.6 Å². The second kappa shape index (κ2) is 12.1. The average molecular weight is 498 g/mol. The fourth-order valence-electron chi connectivity index (χ4n) is 5.50. The van der Waals surface area contributed by atoms with E-state index in [0.717, 1.165) is 31.2 Å². The summed E-state index contributed by atoms with van der Waals surface area (Å²) in [4.78, 5) is 28.4. The fraction of sp³-hybridized carbons (Fsp3) is 0.630. The molecule has 1 N–H and O–H groups in total. The van der Waals surface area contributed by atoms with Gasteiger partial charge in [-0.2, -0.15) is 0 Å². The third kappa shape index (κ3) is 6.46. The van der Waals surface area contributed by atoms with Crippen molar-refractivity contribution in [2.24, 2.45) is 7.05 Å². The Kier molecular flexibility index (Phi) is 8.87. The molecule has 0 spiro atoms. The predicted molar refractivity (Wildman–Crippen MR) is 139 cm³/mol. The van der Waals surface area contributed by atoms with Crippen LogP contribution in [0.3, 0.4) is 0 Å². The highest BCUT2D eigenvalue weighted by molar-refractivity contribution is 7.99.